The molecule has 0 radical (unpaired) electrons. The van der Waals surface area contributed by atoms with Gasteiger partial charge in [-0.3, -0.25) is 9.59 Å². The van der Waals surface area contributed by atoms with Crippen LogP contribution in [0.2, 0.25) is 0 Å². The number of furan rings is 1. The SMILES string of the molecule is Cc1cc(NC(=O)C(C)(C)Oc2ccc(C(C)(C)C)cc2)ccc1NC(=O)c1ccco1. The quantitative estimate of drug-likeness (QED) is 0.504. The third-order valence-corrected chi connectivity index (χ3v) is 5.12. The third-order valence-electron chi connectivity index (χ3n) is 5.12. The summed E-state index contributed by atoms with van der Waals surface area (Å²) in [7, 11) is 0. The minimum absolute atomic E-state index is 0.0485. The van der Waals surface area contributed by atoms with Crippen molar-refractivity contribution in [1.82, 2.24) is 0 Å². The number of hydrogen-bond donors (Lipinski definition) is 2. The maximum atomic E-state index is 12.9. The second kappa shape index (κ2) is 8.91. The van der Waals surface area contributed by atoms with E-state index in [1.165, 1.54) is 11.8 Å². The summed E-state index contributed by atoms with van der Waals surface area (Å²) in [4.78, 5) is 25.1. The van der Waals surface area contributed by atoms with Crippen LogP contribution in [0.25, 0.3) is 0 Å². The lowest BCUT2D eigenvalue weighted by atomic mass is 9.87. The van der Waals surface area contributed by atoms with E-state index in [9.17, 15) is 9.59 Å². The molecule has 0 saturated carbocycles. The van der Waals surface area contributed by atoms with Crippen molar-refractivity contribution >= 4 is 23.2 Å². The first-order valence-corrected chi connectivity index (χ1v) is 10.5. The number of benzene rings is 2. The summed E-state index contributed by atoms with van der Waals surface area (Å²) in [5.41, 5.74) is 2.22. The zero-order valence-corrected chi connectivity index (χ0v) is 19.4. The third kappa shape index (κ3) is 5.58. The van der Waals surface area contributed by atoms with Gasteiger partial charge in [-0.1, -0.05) is 32.9 Å². The number of rotatable bonds is 6. The second-order valence-electron chi connectivity index (χ2n) is 9.30. The Morgan fingerprint density at radius 2 is 1.59 bits per heavy atom. The molecule has 2 N–H and O–H groups in total. The molecule has 6 heteroatoms. The fraction of sp³-hybridized carbons (Fsp3) is 0.308. The first-order valence-electron chi connectivity index (χ1n) is 10.5. The smallest absolute Gasteiger partial charge is 0.291 e. The number of anilines is 2. The van der Waals surface area contributed by atoms with Gasteiger partial charge in [0.25, 0.3) is 11.8 Å². The number of carbonyl (C=O) groups is 2. The summed E-state index contributed by atoms with van der Waals surface area (Å²) in [5.74, 6) is 0.257. The van der Waals surface area contributed by atoms with Gasteiger partial charge in [-0.2, -0.15) is 0 Å². The van der Waals surface area contributed by atoms with Crippen molar-refractivity contribution in [1.29, 1.82) is 0 Å². The van der Waals surface area contributed by atoms with Crippen molar-refractivity contribution in [2.24, 2.45) is 0 Å². The molecule has 0 bridgehead atoms. The minimum atomic E-state index is -1.08. The molecular formula is C26H30N2O4. The summed E-state index contributed by atoms with van der Waals surface area (Å²) in [6.07, 6.45) is 1.45. The van der Waals surface area contributed by atoms with E-state index in [0.29, 0.717) is 17.1 Å². The standard InChI is InChI=1S/C26H30N2O4/c1-17-16-19(11-14-21(17)28-23(29)22-8-7-15-31-22)27-24(30)26(5,6)32-20-12-9-18(10-13-20)25(2,3)4/h7-16H,1-6H3,(H,27,30)(H,28,29). The van der Waals surface area contributed by atoms with Crippen LogP contribution in [0, 0.1) is 6.92 Å². The van der Waals surface area contributed by atoms with Crippen molar-refractivity contribution in [3.63, 3.8) is 0 Å². The Hall–Kier alpha value is -3.54. The van der Waals surface area contributed by atoms with Gasteiger partial charge in [-0.15, -0.1) is 0 Å². The molecule has 0 saturated heterocycles. The van der Waals surface area contributed by atoms with Crippen LogP contribution in [-0.4, -0.2) is 17.4 Å². The molecule has 0 fully saturated rings. The molecule has 0 unspecified atom stereocenters. The normalized spacial score (nSPS) is 11.7. The number of nitrogens with one attached hydrogen (secondary N) is 2. The summed E-state index contributed by atoms with van der Waals surface area (Å²) >= 11 is 0. The van der Waals surface area contributed by atoms with Crippen molar-refractivity contribution in [2.45, 2.75) is 52.6 Å². The Morgan fingerprint density at radius 1 is 0.906 bits per heavy atom. The first kappa shape index (κ1) is 23.1. The molecular weight excluding hydrogens is 404 g/mol. The highest BCUT2D eigenvalue weighted by molar-refractivity contribution is 6.03. The highest BCUT2D eigenvalue weighted by Crippen LogP contribution is 2.27. The van der Waals surface area contributed by atoms with Crippen LogP contribution in [0.5, 0.6) is 5.75 Å². The van der Waals surface area contributed by atoms with Gasteiger partial charge < -0.3 is 19.8 Å². The monoisotopic (exact) mass is 434 g/mol. The van der Waals surface area contributed by atoms with Gasteiger partial charge in [-0.05, 0) is 79.8 Å². The van der Waals surface area contributed by atoms with E-state index < -0.39 is 5.60 Å². The fourth-order valence-corrected chi connectivity index (χ4v) is 3.12. The molecule has 0 atom stereocenters. The Kier molecular flexibility index (Phi) is 6.44. The second-order valence-corrected chi connectivity index (χ2v) is 9.30. The van der Waals surface area contributed by atoms with E-state index in [0.717, 1.165) is 5.56 Å². The lowest BCUT2D eigenvalue weighted by Gasteiger charge is -2.26. The van der Waals surface area contributed by atoms with Crippen LogP contribution in [0.4, 0.5) is 11.4 Å². The molecule has 2 aromatic carbocycles. The summed E-state index contributed by atoms with van der Waals surface area (Å²) in [5, 5.41) is 5.69. The molecule has 0 aliphatic heterocycles. The van der Waals surface area contributed by atoms with E-state index in [4.69, 9.17) is 9.15 Å². The molecule has 168 valence electrons. The molecule has 3 rings (SSSR count). The van der Waals surface area contributed by atoms with Crippen molar-refractivity contribution < 1.29 is 18.7 Å². The Balaban J connectivity index is 1.65. The zero-order chi connectivity index (χ0) is 23.5. The molecule has 1 aromatic heterocycles. The van der Waals surface area contributed by atoms with E-state index >= 15 is 0 Å². The molecule has 1 heterocycles. The highest BCUT2D eigenvalue weighted by Gasteiger charge is 2.30. The summed E-state index contributed by atoms with van der Waals surface area (Å²) < 4.78 is 11.1. The number of aryl methyl sites for hydroxylation is 1. The molecule has 3 aromatic rings. The molecule has 32 heavy (non-hydrogen) atoms. The topological polar surface area (TPSA) is 80.6 Å². The van der Waals surface area contributed by atoms with Crippen LogP contribution >= 0.6 is 0 Å². The van der Waals surface area contributed by atoms with Gasteiger partial charge >= 0.3 is 0 Å². The van der Waals surface area contributed by atoms with Gasteiger partial charge in [0.15, 0.2) is 11.4 Å². The molecule has 0 spiro atoms. The van der Waals surface area contributed by atoms with Crippen molar-refractivity contribution in [3.05, 3.63) is 77.7 Å². The maximum absolute atomic E-state index is 12.9. The van der Waals surface area contributed by atoms with Crippen molar-refractivity contribution in [2.75, 3.05) is 10.6 Å². The number of hydrogen-bond acceptors (Lipinski definition) is 4. The summed E-state index contributed by atoms with van der Waals surface area (Å²) in [6.45, 7) is 11.8. The van der Waals surface area contributed by atoms with Crippen LogP contribution < -0.4 is 15.4 Å². The maximum Gasteiger partial charge on any atom is 0.291 e. The van der Waals surface area contributed by atoms with E-state index in [1.807, 2.05) is 31.2 Å². The van der Waals surface area contributed by atoms with Gasteiger partial charge in [-0.25, -0.2) is 0 Å². The molecule has 0 aliphatic carbocycles. The Bertz CT molecular complexity index is 1090. The average molecular weight is 435 g/mol. The predicted molar refractivity (Wildman–Crippen MR) is 126 cm³/mol. The van der Waals surface area contributed by atoms with Crippen LogP contribution in [0.1, 0.15) is 56.3 Å². The Labute approximate surface area is 189 Å². The number of carbonyl (C=O) groups excluding carboxylic acids is 2. The van der Waals surface area contributed by atoms with Crippen LogP contribution in [0.15, 0.2) is 65.3 Å². The lowest BCUT2D eigenvalue weighted by Crippen LogP contribution is -2.42. The minimum Gasteiger partial charge on any atom is -0.478 e. The first-order chi connectivity index (χ1) is 15.0. The molecule has 2 amide bonds. The predicted octanol–water partition coefficient (Wildman–Crippen LogP) is 5.93. The Morgan fingerprint density at radius 3 is 2.16 bits per heavy atom. The van der Waals surface area contributed by atoms with Gasteiger partial charge in [0.05, 0.1) is 6.26 Å². The van der Waals surface area contributed by atoms with Crippen LogP contribution in [-0.2, 0) is 10.2 Å². The van der Waals surface area contributed by atoms with Crippen LogP contribution in [0.3, 0.4) is 0 Å². The number of ether oxygens (including phenoxy) is 1. The van der Waals surface area contributed by atoms with Gasteiger partial charge in [0.2, 0.25) is 0 Å². The van der Waals surface area contributed by atoms with E-state index in [2.05, 4.69) is 31.4 Å². The lowest BCUT2D eigenvalue weighted by molar-refractivity contribution is -0.128. The summed E-state index contributed by atoms with van der Waals surface area (Å²) in [6, 6.07) is 16.3. The largest absolute Gasteiger partial charge is 0.478 e. The van der Waals surface area contributed by atoms with Crippen molar-refractivity contribution in [3.8, 4) is 5.75 Å². The fourth-order valence-electron chi connectivity index (χ4n) is 3.12. The van der Waals surface area contributed by atoms with E-state index in [-0.39, 0.29) is 23.0 Å². The zero-order valence-electron chi connectivity index (χ0n) is 19.4. The molecule has 6 nitrogen and oxygen atoms in total. The average Bonchev–Trinajstić information content (AvgIpc) is 3.24. The van der Waals surface area contributed by atoms with E-state index in [1.54, 1.807) is 44.2 Å². The highest BCUT2D eigenvalue weighted by atomic mass is 16.5. The number of amides is 2. The van der Waals surface area contributed by atoms with Gasteiger partial charge in [0.1, 0.15) is 5.75 Å². The molecule has 0 aliphatic rings. The van der Waals surface area contributed by atoms with Gasteiger partial charge in [0, 0.05) is 11.4 Å².